The molecule has 1 aromatic rings. The number of nitrogens with zero attached hydrogens (tertiary/aromatic N) is 2. The molecule has 0 aliphatic rings. The van der Waals surface area contributed by atoms with Crippen LogP contribution in [0.5, 0.6) is 0 Å². The highest BCUT2D eigenvalue weighted by atomic mass is 35.5. The number of hydrogen-bond donors (Lipinski definition) is 2. The minimum Gasteiger partial charge on any atom is -0.357 e. The molecule has 0 radical (unpaired) electrons. The van der Waals surface area contributed by atoms with Gasteiger partial charge in [-0.2, -0.15) is 0 Å². The molecular formula is C16H27ClN4. The van der Waals surface area contributed by atoms with Gasteiger partial charge in [-0.3, -0.25) is 0 Å². The third-order valence-corrected chi connectivity index (χ3v) is 3.98. The number of aliphatic imine (C=N–C) groups is 1. The first-order chi connectivity index (χ1) is 9.86. The van der Waals surface area contributed by atoms with Gasteiger partial charge in [-0.15, -0.1) is 0 Å². The molecule has 0 bridgehead atoms. The van der Waals surface area contributed by atoms with Crippen LogP contribution in [0, 0.1) is 0 Å². The maximum atomic E-state index is 6.16. The first-order valence-corrected chi connectivity index (χ1v) is 7.67. The quantitative estimate of drug-likeness (QED) is 0.627. The Morgan fingerprint density at radius 1 is 1.24 bits per heavy atom. The Bertz CT molecular complexity index is 469. The second kappa shape index (κ2) is 8.25. The van der Waals surface area contributed by atoms with Gasteiger partial charge in [-0.1, -0.05) is 29.8 Å². The standard InChI is InChI=1S/C16H27ClN4/c1-6-18-15(20-12-16(2,3)21(4)5)19-11-13-9-7-8-10-14(13)17/h7-10H,6,11-12H2,1-5H3,(H2,18,19,20). The van der Waals surface area contributed by atoms with Crippen molar-refractivity contribution in [2.75, 3.05) is 27.2 Å². The van der Waals surface area contributed by atoms with Crippen LogP contribution in [-0.2, 0) is 6.54 Å². The van der Waals surface area contributed by atoms with Crippen LogP contribution in [0.15, 0.2) is 29.3 Å². The summed E-state index contributed by atoms with van der Waals surface area (Å²) in [5, 5.41) is 7.40. The van der Waals surface area contributed by atoms with Crippen LogP contribution in [0.1, 0.15) is 26.3 Å². The molecule has 4 nitrogen and oxygen atoms in total. The molecular weight excluding hydrogens is 284 g/mol. The minimum absolute atomic E-state index is 0.0561. The third kappa shape index (κ3) is 5.94. The molecule has 0 saturated carbocycles. The zero-order chi connectivity index (χ0) is 15.9. The van der Waals surface area contributed by atoms with Gasteiger partial charge in [0, 0.05) is 23.7 Å². The summed E-state index contributed by atoms with van der Waals surface area (Å²) in [6.07, 6.45) is 0. The minimum atomic E-state index is 0.0561. The smallest absolute Gasteiger partial charge is 0.191 e. The van der Waals surface area contributed by atoms with Crippen LogP contribution >= 0.6 is 11.6 Å². The Morgan fingerprint density at radius 2 is 1.90 bits per heavy atom. The molecule has 0 aromatic heterocycles. The lowest BCUT2D eigenvalue weighted by atomic mass is 10.0. The van der Waals surface area contributed by atoms with E-state index in [0.717, 1.165) is 29.6 Å². The number of rotatable bonds is 6. The van der Waals surface area contributed by atoms with Crippen LogP contribution in [0.3, 0.4) is 0 Å². The molecule has 0 aliphatic carbocycles. The average molecular weight is 311 g/mol. The van der Waals surface area contributed by atoms with Gasteiger partial charge in [0.05, 0.1) is 6.54 Å². The van der Waals surface area contributed by atoms with Crippen molar-refractivity contribution < 1.29 is 0 Å². The fourth-order valence-electron chi connectivity index (χ4n) is 1.59. The lowest BCUT2D eigenvalue weighted by Crippen LogP contribution is -2.50. The summed E-state index contributed by atoms with van der Waals surface area (Å²) in [6.45, 7) is 8.65. The molecule has 118 valence electrons. The SMILES string of the molecule is CCNC(=NCc1ccccc1Cl)NCC(C)(C)N(C)C. The Kier molecular flexibility index (Phi) is 6.99. The number of guanidine groups is 1. The Morgan fingerprint density at radius 3 is 2.48 bits per heavy atom. The predicted molar refractivity (Wildman–Crippen MR) is 92.0 cm³/mol. The summed E-state index contributed by atoms with van der Waals surface area (Å²) in [6, 6.07) is 7.80. The molecule has 0 spiro atoms. The van der Waals surface area contributed by atoms with E-state index in [-0.39, 0.29) is 5.54 Å². The first-order valence-electron chi connectivity index (χ1n) is 7.30. The maximum absolute atomic E-state index is 6.16. The molecule has 0 amide bonds. The highest BCUT2D eigenvalue weighted by Crippen LogP contribution is 2.15. The molecule has 1 aromatic carbocycles. The van der Waals surface area contributed by atoms with Gasteiger partial charge in [0.2, 0.25) is 0 Å². The Hall–Kier alpha value is -1.26. The summed E-state index contributed by atoms with van der Waals surface area (Å²) in [4.78, 5) is 6.79. The van der Waals surface area contributed by atoms with Gasteiger partial charge in [0.15, 0.2) is 5.96 Å². The van der Waals surface area contributed by atoms with Crippen molar-refractivity contribution in [3.05, 3.63) is 34.9 Å². The highest BCUT2D eigenvalue weighted by molar-refractivity contribution is 6.31. The third-order valence-electron chi connectivity index (χ3n) is 3.61. The van der Waals surface area contributed by atoms with Crippen LogP contribution in [0.4, 0.5) is 0 Å². The van der Waals surface area contributed by atoms with Gasteiger partial charge in [-0.25, -0.2) is 4.99 Å². The highest BCUT2D eigenvalue weighted by Gasteiger charge is 2.20. The van der Waals surface area contributed by atoms with Crippen LogP contribution < -0.4 is 10.6 Å². The zero-order valence-corrected chi connectivity index (χ0v) is 14.5. The van der Waals surface area contributed by atoms with E-state index in [0.29, 0.717) is 6.54 Å². The molecule has 0 fully saturated rings. The van der Waals surface area contributed by atoms with Gasteiger partial charge in [0.25, 0.3) is 0 Å². The molecule has 0 unspecified atom stereocenters. The van der Waals surface area contributed by atoms with Crippen molar-refractivity contribution in [1.29, 1.82) is 0 Å². The molecule has 21 heavy (non-hydrogen) atoms. The van der Waals surface area contributed by atoms with E-state index in [1.165, 1.54) is 0 Å². The fourth-order valence-corrected chi connectivity index (χ4v) is 1.79. The second-order valence-corrected chi connectivity index (χ2v) is 6.25. The van der Waals surface area contributed by atoms with E-state index in [1.54, 1.807) is 0 Å². The molecule has 0 aliphatic heterocycles. The van der Waals surface area contributed by atoms with E-state index >= 15 is 0 Å². The van der Waals surface area contributed by atoms with E-state index < -0.39 is 0 Å². The summed E-state index contributed by atoms with van der Waals surface area (Å²) in [5.74, 6) is 0.812. The van der Waals surface area contributed by atoms with E-state index in [4.69, 9.17) is 11.6 Å². The summed E-state index contributed by atoms with van der Waals surface area (Å²) >= 11 is 6.16. The first kappa shape index (κ1) is 17.8. The van der Waals surface area contributed by atoms with Crippen LogP contribution in [0.25, 0.3) is 0 Å². The van der Waals surface area contributed by atoms with Gasteiger partial charge in [0.1, 0.15) is 0 Å². The van der Waals surface area contributed by atoms with E-state index in [1.807, 2.05) is 24.3 Å². The van der Waals surface area contributed by atoms with Crippen LogP contribution in [0.2, 0.25) is 5.02 Å². The predicted octanol–water partition coefficient (Wildman–Crippen LogP) is 2.74. The monoisotopic (exact) mass is 310 g/mol. The summed E-state index contributed by atoms with van der Waals surface area (Å²) in [7, 11) is 4.16. The number of nitrogens with one attached hydrogen (secondary N) is 2. The van der Waals surface area contributed by atoms with Crippen molar-refractivity contribution in [3.8, 4) is 0 Å². The zero-order valence-electron chi connectivity index (χ0n) is 13.7. The topological polar surface area (TPSA) is 39.7 Å². The van der Waals surface area contributed by atoms with Crippen LogP contribution in [-0.4, -0.2) is 43.6 Å². The Balaban J connectivity index is 2.68. The van der Waals surface area contributed by atoms with Crippen molar-refractivity contribution in [2.45, 2.75) is 32.9 Å². The van der Waals surface area contributed by atoms with Gasteiger partial charge < -0.3 is 15.5 Å². The average Bonchev–Trinajstić information content (AvgIpc) is 2.43. The lowest BCUT2D eigenvalue weighted by molar-refractivity contribution is 0.197. The number of benzene rings is 1. The van der Waals surface area contributed by atoms with Crippen molar-refractivity contribution in [1.82, 2.24) is 15.5 Å². The van der Waals surface area contributed by atoms with Crippen molar-refractivity contribution in [3.63, 3.8) is 0 Å². The molecule has 1 rings (SSSR count). The molecule has 0 saturated heterocycles. The Labute approximate surface area is 133 Å². The second-order valence-electron chi connectivity index (χ2n) is 5.85. The number of halogens is 1. The molecule has 0 heterocycles. The van der Waals surface area contributed by atoms with Crippen molar-refractivity contribution >= 4 is 17.6 Å². The normalized spacial score (nSPS) is 12.6. The number of hydrogen-bond acceptors (Lipinski definition) is 2. The summed E-state index contributed by atoms with van der Waals surface area (Å²) < 4.78 is 0. The summed E-state index contributed by atoms with van der Waals surface area (Å²) in [5.41, 5.74) is 1.09. The van der Waals surface area contributed by atoms with E-state index in [9.17, 15) is 0 Å². The lowest BCUT2D eigenvalue weighted by Gasteiger charge is -2.33. The van der Waals surface area contributed by atoms with Gasteiger partial charge in [-0.05, 0) is 46.5 Å². The maximum Gasteiger partial charge on any atom is 0.191 e. The molecule has 5 heteroatoms. The molecule has 2 N–H and O–H groups in total. The largest absolute Gasteiger partial charge is 0.357 e. The fraction of sp³-hybridized carbons (Fsp3) is 0.562. The molecule has 0 atom stereocenters. The van der Waals surface area contributed by atoms with Crippen molar-refractivity contribution in [2.24, 2.45) is 4.99 Å². The van der Waals surface area contributed by atoms with E-state index in [2.05, 4.69) is 55.4 Å². The van der Waals surface area contributed by atoms with Gasteiger partial charge >= 0.3 is 0 Å². The number of likely N-dealkylation sites (N-methyl/N-ethyl adjacent to an activating group) is 1.